The number of amides is 1. The van der Waals surface area contributed by atoms with Crippen molar-refractivity contribution in [1.82, 2.24) is 20.0 Å². The molecule has 0 atom stereocenters. The van der Waals surface area contributed by atoms with Gasteiger partial charge in [0.1, 0.15) is 5.56 Å². The Kier molecular flexibility index (Phi) is 6.20. The second-order valence-corrected chi connectivity index (χ2v) is 8.17. The fraction of sp³-hybridized carbons (Fsp3) is 0.150. The molecule has 0 saturated heterocycles. The number of pyridine rings is 2. The van der Waals surface area contributed by atoms with Gasteiger partial charge in [0.15, 0.2) is 0 Å². The molecule has 0 bridgehead atoms. The van der Waals surface area contributed by atoms with Crippen LogP contribution in [0.15, 0.2) is 65.6 Å². The minimum Gasteiger partial charge on any atom is -0.348 e. The zero-order valence-electron chi connectivity index (χ0n) is 15.7. The van der Waals surface area contributed by atoms with E-state index in [0.717, 1.165) is 0 Å². The van der Waals surface area contributed by atoms with Crippen molar-refractivity contribution in [2.45, 2.75) is 12.3 Å². The Morgan fingerprint density at radius 1 is 1.03 bits per heavy atom. The van der Waals surface area contributed by atoms with E-state index in [2.05, 4.69) is 20.0 Å². The van der Waals surface area contributed by atoms with Crippen molar-refractivity contribution in [3.63, 3.8) is 0 Å². The molecule has 0 aliphatic rings. The van der Waals surface area contributed by atoms with Crippen LogP contribution >= 0.6 is 0 Å². The molecule has 150 valence electrons. The zero-order chi connectivity index (χ0) is 20.9. The van der Waals surface area contributed by atoms with Gasteiger partial charge in [-0.3, -0.25) is 14.6 Å². The maximum atomic E-state index is 12.5. The maximum absolute atomic E-state index is 12.5. The molecule has 0 aliphatic carbocycles. The number of nitrogens with zero attached hydrogens (tertiary/aromatic N) is 1. The van der Waals surface area contributed by atoms with Crippen molar-refractivity contribution >= 4 is 15.9 Å². The summed E-state index contributed by atoms with van der Waals surface area (Å²) in [5, 5.41) is 2.67. The van der Waals surface area contributed by atoms with E-state index in [9.17, 15) is 18.0 Å². The second kappa shape index (κ2) is 8.80. The van der Waals surface area contributed by atoms with Crippen molar-refractivity contribution in [3.8, 4) is 11.4 Å². The van der Waals surface area contributed by atoms with Crippen LogP contribution in [-0.2, 0) is 22.3 Å². The van der Waals surface area contributed by atoms with E-state index < -0.39 is 21.5 Å². The third-order valence-electron chi connectivity index (χ3n) is 4.31. The smallest absolute Gasteiger partial charge is 0.261 e. The van der Waals surface area contributed by atoms with Crippen LogP contribution in [0.2, 0.25) is 0 Å². The number of carbonyl (C=O) groups is 1. The van der Waals surface area contributed by atoms with Crippen LogP contribution in [0.3, 0.4) is 0 Å². The number of hydrogen-bond donors (Lipinski definition) is 3. The number of hydrogen-bond acceptors (Lipinski definition) is 5. The maximum Gasteiger partial charge on any atom is 0.261 e. The average Bonchev–Trinajstić information content (AvgIpc) is 2.73. The van der Waals surface area contributed by atoms with E-state index in [-0.39, 0.29) is 17.9 Å². The van der Waals surface area contributed by atoms with E-state index in [1.54, 1.807) is 54.7 Å². The third-order valence-corrected chi connectivity index (χ3v) is 5.62. The topological polar surface area (TPSA) is 121 Å². The molecule has 0 aliphatic heterocycles. The van der Waals surface area contributed by atoms with Gasteiger partial charge in [-0.1, -0.05) is 30.3 Å². The fourth-order valence-corrected chi connectivity index (χ4v) is 3.58. The molecule has 0 unspecified atom stereocenters. The molecule has 2 aromatic heterocycles. The summed E-state index contributed by atoms with van der Waals surface area (Å²) in [7, 11) is -2.10. The van der Waals surface area contributed by atoms with Crippen molar-refractivity contribution in [2.75, 3.05) is 7.05 Å². The van der Waals surface area contributed by atoms with Crippen LogP contribution < -0.4 is 15.6 Å². The number of rotatable bonds is 7. The lowest BCUT2D eigenvalue weighted by molar-refractivity contribution is 0.0949. The van der Waals surface area contributed by atoms with Gasteiger partial charge >= 0.3 is 0 Å². The summed E-state index contributed by atoms with van der Waals surface area (Å²) in [6.07, 6.45) is 1.61. The Bertz CT molecular complexity index is 1170. The third kappa shape index (κ3) is 5.15. The molecule has 2 heterocycles. The highest BCUT2D eigenvalue weighted by Gasteiger charge is 2.15. The van der Waals surface area contributed by atoms with Crippen LogP contribution in [0.5, 0.6) is 0 Å². The first-order chi connectivity index (χ1) is 13.9. The molecule has 1 aromatic carbocycles. The van der Waals surface area contributed by atoms with E-state index in [4.69, 9.17) is 0 Å². The monoisotopic (exact) mass is 412 g/mol. The minimum absolute atomic E-state index is 0.0370. The highest BCUT2D eigenvalue weighted by Crippen LogP contribution is 2.13. The Labute approximate surface area is 168 Å². The van der Waals surface area contributed by atoms with Crippen molar-refractivity contribution in [2.24, 2.45) is 0 Å². The van der Waals surface area contributed by atoms with E-state index in [0.29, 0.717) is 22.5 Å². The lowest BCUT2D eigenvalue weighted by Crippen LogP contribution is -2.30. The Balaban J connectivity index is 1.75. The van der Waals surface area contributed by atoms with Gasteiger partial charge in [0.25, 0.3) is 11.5 Å². The van der Waals surface area contributed by atoms with Crippen molar-refractivity contribution in [1.29, 1.82) is 0 Å². The number of benzene rings is 1. The molecule has 9 heteroatoms. The molecule has 0 radical (unpaired) electrons. The van der Waals surface area contributed by atoms with Crippen LogP contribution in [0.1, 0.15) is 21.5 Å². The molecule has 3 aromatic rings. The standard InChI is InChI=1S/C20H20N4O4S/c1-21-29(27,28)13-15-7-3-2-6-14(15)12-23-19(25)16-9-10-18(24-20(16)26)17-8-4-5-11-22-17/h2-11,21H,12-13H2,1H3,(H,23,25)(H,24,26). The molecule has 0 saturated carbocycles. The van der Waals surface area contributed by atoms with E-state index >= 15 is 0 Å². The Hall–Kier alpha value is -3.30. The summed E-state index contributed by atoms with van der Waals surface area (Å²) in [4.78, 5) is 31.6. The SMILES string of the molecule is CNS(=O)(=O)Cc1ccccc1CNC(=O)c1ccc(-c2ccccn2)[nH]c1=O. The lowest BCUT2D eigenvalue weighted by atomic mass is 10.1. The molecule has 3 rings (SSSR count). The normalized spacial score (nSPS) is 11.2. The summed E-state index contributed by atoms with van der Waals surface area (Å²) < 4.78 is 25.9. The average molecular weight is 412 g/mol. The summed E-state index contributed by atoms with van der Waals surface area (Å²) in [5.74, 6) is -0.750. The van der Waals surface area contributed by atoms with Gasteiger partial charge in [0.2, 0.25) is 10.0 Å². The predicted octanol–water partition coefficient (Wildman–Crippen LogP) is 1.42. The first kappa shape index (κ1) is 20.4. The zero-order valence-corrected chi connectivity index (χ0v) is 16.5. The summed E-state index contributed by atoms with van der Waals surface area (Å²) in [5.41, 5.74) is 1.76. The molecule has 1 amide bonds. The van der Waals surface area contributed by atoms with Gasteiger partial charge in [-0.15, -0.1) is 0 Å². The van der Waals surface area contributed by atoms with Gasteiger partial charge < -0.3 is 10.3 Å². The van der Waals surface area contributed by atoms with Gasteiger partial charge in [-0.05, 0) is 42.4 Å². The number of aromatic nitrogens is 2. The highest BCUT2D eigenvalue weighted by atomic mass is 32.2. The van der Waals surface area contributed by atoms with Crippen LogP contribution in [0.25, 0.3) is 11.4 Å². The number of carbonyl (C=O) groups excluding carboxylic acids is 1. The fourth-order valence-electron chi connectivity index (χ4n) is 2.74. The molecule has 29 heavy (non-hydrogen) atoms. The van der Waals surface area contributed by atoms with Crippen LogP contribution in [0, 0.1) is 0 Å². The van der Waals surface area contributed by atoms with Crippen LogP contribution in [-0.4, -0.2) is 31.3 Å². The van der Waals surface area contributed by atoms with Crippen molar-refractivity contribution < 1.29 is 13.2 Å². The molecular weight excluding hydrogens is 392 g/mol. The van der Waals surface area contributed by atoms with Crippen molar-refractivity contribution in [3.05, 3.63) is 87.8 Å². The second-order valence-electron chi connectivity index (χ2n) is 6.24. The Morgan fingerprint density at radius 3 is 2.41 bits per heavy atom. The summed E-state index contributed by atoms with van der Waals surface area (Å²) in [6, 6.07) is 15.3. The van der Waals surface area contributed by atoms with Gasteiger partial charge in [-0.2, -0.15) is 0 Å². The number of H-pyrrole nitrogens is 1. The summed E-state index contributed by atoms with van der Waals surface area (Å²) >= 11 is 0. The first-order valence-corrected chi connectivity index (χ1v) is 10.5. The highest BCUT2D eigenvalue weighted by molar-refractivity contribution is 7.88. The van der Waals surface area contributed by atoms with E-state index in [1.165, 1.54) is 13.1 Å². The number of aromatic amines is 1. The molecule has 0 fully saturated rings. The Morgan fingerprint density at radius 2 is 1.76 bits per heavy atom. The quantitative estimate of drug-likeness (QED) is 0.542. The minimum atomic E-state index is -3.45. The summed E-state index contributed by atoms with van der Waals surface area (Å²) in [6.45, 7) is 0.0929. The number of nitrogens with one attached hydrogen (secondary N) is 3. The molecule has 0 spiro atoms. The lowest BCUT2D eigenvalue weighted by Gasteiger charge is -2.11. The van der Waals surface area contributed by atoms with Gasteiger partial charge in [0.05, 0.1) is 17.1 Å². The molecule has 3 N–H and O–H groups in total. The molecular formula is C20H20N4O4S. The number of sulfonamides is 1. The first-order valence-electron chi connectivity index (χ1n) is 8.80. The largest absolute Gasteiger partial charge is 0.348 e. The van der Waals surface area contributed by atoms with Gasteiger partial charge in [-0.25, -0.2) is 13.1 Å². The van der Waals surface area contributed by atoms with Gasteiger partial charge in [0, 0.05) is 12.7 Å². The molecule has 8 nitrogen and oxygen atoms in total. The predicted molar refractivity (Wildman–Crippen MR) is 110 cm³/mol. The van der Waals surface area contributed by atoms with E-state index in [1.807, 2.05) is 0 Å². The van der Waals surface area contributed by atoms with Crippen LogP contribution in [0.4, 0.5) is 0 Å².